The molecule has 1 unspecified atom stereocenters. The van der Waals surface area contributed by atoms with Crippen LogP contribution in [0.25, 0.3) is 0 Å². The summed E-state index contributed by atoms with van der Waals surface area (Å²) in [6.07, 6.45) is -4.50. The number of alkyl halides is 3. The molecule has 2 amide bonds. The summed E-state index contributed by atoms with van der Waals surface area (Å²) in [5, 5.41) is 0. The number of para-hydroxylation sites is 1. The number of nitrogens with zero attached hydrogens (tertiary/aromatic N) is 2. The van der Waals surface area contributed by atoms with Crippen LogP contribution < -0.4 is 10.6 Å². The van der Waals surface area contributed by atoms with Gasteiger partial charge in [-0.1, -0.05) is 18.2 Å². The van der Waals surface area contributed by atoms with E-state index in [1.54, 1.807) is 54.6 Å². The first-order chi connectivity index (χ1) is 12.8. The lowest BCUT2D eigenvalue weighted by atomic mass is 10.1. The minimum Gasteiger partial charge on any atom is -0.399 e. The fourth-order valence-electron chi connectivity index (χ4n) is 3.18. The molecular formula is C19H18F3N3O2. The molecule has 0 aliphatic carbocycles. The highest BCUT2D eigenvalue weighted by Crippen LogP contribution is 2.32. The van der Waals surface area contributed by atoms with Gasteiger partial charge in [0, 0.05) is 23.6 Å². The highest BCUT2D eigenvalue weighted by molar-refractivity contribution is 6.05. The van der Waals surface area contributed by atoms with Gasteiger partial charge in [-0.05, 0) is 49.2 Å². The molecule has 1 aliphatic heterocycles. The Morgan fingerprint density at radius 2 is 1.59 bits per heavy atom. The van der Waals surface area contributed by atoms with Crippen LogP contribution in [0.15, 0.2) is 54.6 Å². The molecule has 2 aromatic rings. The van der Waals surface area contributed by atoms with Crippen molar-refractivity contribution in [2.75, 3.05) is 17.2 Å². The minimum atomic E-state index is -5.01. The van der Waals surface area contributed by atoms with Gasteiger partial charge in [-0.3, -0.25) is 14.5 Å². The molecular weight excluding hydrogens is 359 g/mol. The van der Waals surface area contributed by atoms with Crippen LogP contribution in [-0.2, 0) is 9.59 Å². The topological polar surface area (TPSA) is 66.6 Å². The number of carbonyl (C=O) groups is 2. The van der Waals surface area contributed by atoms with Crippen LogP contribution in [0.4, 0.5) is 30.2 Å². The number of amides is 2. The second kappa shape index (κ2) is 7.30. The number of rotatable bonds is 3. The van der Waals surface area contributed by atoms with Crippen molar-refractivity contribution >= 4 is 28.9 Å². The van der Waals surface area contributed by atoms with E-state index < -0.39 is 24.0 Å². The van der Waals surface area contributed by atoms with Crippen LogP contribution in [0.3, 0.4) is 0 Å². The lowest BCUT2D eigenvalue weighted by Gasteiger charge is -2.31. The Morgan fingerprint density at radius 1 is 1.00 bits per heavy atom. The molecule has 2 N–H and O–H groups in total. The number of nitrogen functional groups attached to an aromatic ring is 1. The zero-order valence-electron chi connectivity index (χ0n) is 14.3. The third kappa shape index (κ3) is 3.89. The van der Waals surface area contributed by atoms with Crippen LogP contribution in [0.2, 0.25) is 0 Å². The third-order valence-corrected chi connectivity index (χ3v) is 4.43. The Bertz CT molecular complexity index is 822. The number of likely N-dealkylation sites (tertiary alicyclic amines) is 1. The van der Waals surface area contributed by atoms with Crippen LogP contribution in [0.5, 0.6) is 0 Å². The smallest absolute Gasteiger partial charge is 0.399 e. The van der Waals surface area contributed by atoms with Gasteiger partial charge in [0.2, 0.25) is 0 Å². The number of carbonyl (C=O) groups excluding carboxylic acids is 2. The van der Waals surface area contributed by atoms with Gasteiger partial charge in [0.05, 0.1) is 0 Å². The van der Waals surface area contributed by atoms with Crippen LogP contribution in [0, 0.1) is 0 Å². The van der Waals surface area contributed by atoms with Crippen molar-refractivity contribution in [3.05, 3.63) is 54.6 Å². The zero-order chi connectivity index (χ0) is 19.6. The summed E-state index contributed by atoms with van der Waals surface area (Å²) in [4.78, 5) is 26.9. The summed E-state index contributed by atoms with van der Waals surface area (Å²) in [5.74, 6) is -2.57. The second-order valence-corrected chi connectivity index (χ2v) is 6.26. The molecule has 3 rings (SSSR count). The minimum absolute atomic E-state index is 0.0981. The number of nitrogens with two attached hydrogens (primary N) is 1. The molecule has 8 heteroatoms. The first-order valence-electron chi connectivity index (χ1n) is 8.41. The highest BCUT2D eigenvalue weighted by Gasteiger charge is 2.48. The van der Waals surface area contributed by atoms with Gasteiger partial charge in [0.25, 0.3) is 5.91 Å². The molecule has 1 atom stereocenters. The van der Waals surface area contributed by atoms with Crippen LogP contribution in [-0.4, -0.2) is 35.5 Å². The summed E-state index contributed by atoms with van der Waals surface area (Å²) in [6, 6.07) is 13.8. The molecule has 5 nitrogen and oxygen atoms in total. The zero-order valence-corrected chi connectivity index (χ0v) is 14.3. The van der Waals surface area contributed by atoms with E-state index in [0.29, 0.717) is 28.4 Å². The van der Waals surface area contributed by atoms with Gasteiger partial charge in [0.15, 0.2) is 0 Å². The SMILES string of the molecule is Nc1ccc(N(C(=O)C2CCCN2C(=O)C(F)(F)F)c2ccccc2)cc1. The van der Waals surface area contributed by atoms with Crippen molar-refractivity contribution in [2.24, 2.45) is 0 Å². The van der Waals surface area contributed by atoms with E-state index in [9.17, 15) is 22.8 Å². The van der Waals surface area contributed by atoms with Crippen molar-refractivity contribution in [2.45, 2.75) is 25.1 Å². The maximum Gasteiger partial charge on any atom is 0.471 e. The molecule has 1 saturated heterocycles. The standard InChI is InChI=1S/C19H18F3N3O2/c20-19(21,22)18(27)24-12-4-7-16(24)17(26)25(14-5-2-1-3-6-14)15-10-8-13(23)9-11-15/h1-3,5-6,8-11,16H,4,7,12,23H2. The lowest BCUT2D eigenvalue weighted by molar-refractivity contribution is -0.186. The average molecular weight is 377 g/mol. The molecule has 2 aromatic carbocycles. The number of benzene rings is 2. The number of halogens is 3. The normalized spacial score (nSPS) is 17.0. The Balaban J connectivity index is 1.98. The maximum atomic E-state index is 13.2. The van der Waals surface area contributed by atoms with Crippen molar-refractivity contribution < 1.29 is 22.8 Å². The van der Waals surface area contributed by atoms with Crippen molar-refractivity contribution in [1.29, 1.82) is 0 Å². The Morgan fingerprint density at radius 3 is 2.19 bits per heavy atom. The summed E-state index contributed by atoms with van der Waals surface area (Å²) >= 11 is 0. The lowest BCUT2D eigenvalue weighted by Crippen LogP contribution is -2.50. The molecule has 1 heterocycles. The van der Waals surface area contributed by atoms with Gasteiger partial charge in [0.1, 0.15) is 6.04 Å². The van der Waals surface area contributed by atoms with E-state index in [1.807, 2.05) is 0 Å². The van der Waals surface area contributed by atoms with E-state index in [4.69, 9.17) is 5.73 Å². The van der Waals surface area contributed by atoms with Crippen molar-refractivity contribution in [1.82, 2.24) is 4.90 Å². The molecule has 1 fully saturated rings. The number of hydrogen-bond donors (Lipinski definition) is 1. The Kier molecular flexibility index (Phi) is 5.07. The molecule has 0 spiro atoms. The molecule has 0 radical (unpaired) electrons. The van der Waals surface area contributed by atoms with E-state index in [0.717, 1.165) is 0 Å². The largest absolute Gasteiger partial charge is 0.471 e. The summed E-state index contributed by atoms with van der Waals surface area (Å²) < 4.78 is 38.7. The monoisotopic (exact) mass is 377 g/mol. The first kappa shape index (κ1) is 18.8. The Hall–Kier alpha value is -3.03. The van der Waals surface area contributed by atoms with E-state index in [-0.39, 0.29) is 13.0 Å². The fourth-order valence-corrected chi connectivity index (χ4v) is 3.18. The van der Waals surface area contributed by atoms with Gasteiger partial charge in [-0.2, -0.15) is 13.2 Å². The summed E-state index contributed by atoms with van der Waals surface area (Å²) in [6.45, 7) is -0.0981. The molecule has 0 saturated carbocycles. The van der Waals surface area contributed by atoms with Gasteiger partial charge >= 0.3 is 12.1 Å². The predicted molar refractivity (Wildman–Crippen MR) is 95.2 cm³/mol. The molecule has 1 aliphatic rings. The van der Waals surface area contributed by atoms with Gasteiger partial charge in [-0.25, -0.2) is 0 Å². The van der Waals surface area contributed by atoms with Gasteiger partial charge in [-0.15, -0.1) is 0 Å². The first-order valence-corrected chi connectivity index (χ1v) is 8.41. The summed E-state index contributed by atoms with van der Waals surface area (Å²) in [7, 11) is 0. The van der Waals surface area contributed by atoms with E-state index >= 15 is 0 Å². The average Bonchev–Trinajstić information content (AvgIpc) is 3.12. The Labute approximate surface area is 154 Å². The van der Waals surface area contributed by atoms with E-state index in [1.165, 1.54) is 4.90 Å². The molecule has 0 bridgehead atoms. The third-order valence-electron chi connectivity index (χ3n) is 4.43. The molecule has 0 aromatic heterocycles. The van der Waals surface area contributed by atoms with Crippen molar-refractivity contribution in [3.63, 3.8) is 0 Å². The summed E-state index contributed by atoms with van der Waals surface area (Å²) in [5.41, 5.74) is 7.15. The van der Waals surface area contributed by atoms with Crippen molar-refractivity contribution in [3.8, 4) is 0 Å². The number of hydrogen-bond acceptors (Lipinski definition) is 3. The fraction of sp³-hybridized carbons (Fsp3) is 0.263. The second-order valence-electron chi connectivity index (χ2n) is 6.26. The van der Waals surface area contributed by atoms with Gasteiger partial charge < -0.3 is 10.6 Å². The van der Waals surface area contributed by atoms with E-state index in [2.05, 4.69) is 0 Å². The van der Waals surface area contributed by atoms with Crippen LogP contribution >= 0.6 is 0 Å². The molecule has 142 valence electrons. The number of anilines is 3. The predicted octanol–water partition coefficient (Wildman–Crippen LogP) is 3.49. The maximum absolute atomic E-state index is 13.2. The molecule has 27 heavy (non-hydrogen) atoms. The quantitative estimate of drug-likeness (QED) is 0.833. The highest BCUT2D eigenvalue weighted by atomic mass is 19.4. The van der Waals surface area contributed by atoms with Crippen LogP contribution in [0.1, 0.15) is 12.8 Å².